The molecule has 7 heteroatoms. The molecule has 0 amide bonds. The summed E-state index contributed by atoms with van der Waals surface area (Å²) in [6.45, 7) is 8.04. The number of Topliss-reactive ketones (excluding diaryl/α,β-unsaturated/α-hetero) is 1. The second kappa shape index (κ2) is 9.81. The number of nitrogens with one attached hydrogen (secondary N) is 1. The number of rotatable bonds is 10. The Balaban J connectivity index is 2.20. The lowest BCUT2D eigenvalue weighted by Gasteiger charge is -2.32. The maximum Gasteiger partial charge on any atom is 0.240 e. The van der Waals surface area contributed by atoms with Crippen molar-refractivity contribution in [3.05, 3.63) is 29.8 Å². The van der Waals surface area contributed by atoms with Crippen LogP contribution in [0.2, 0.25) is 0 Å². The fraction of sp³-hybridized carbons (Fsp3) is 0.650. The highest BCUT2D eigenvalue weighted by Gasteiger charge is 2.40. The maximum absolute atomic E-state index is 12.9. The molecule has 27 heavy (non-hydrogen) atoms. The smallest absolute Gasteiger partial charge is 0.240 e. The van der Waals surface area contributed by atoms with Crippen LogP contribution in [-0.2, 0) is 14.8 Å². The molecule has 1 N–H and O–H groups in total. The van der Waals surface area contributed by atoms with Gasteiger partial charge >= 0.3 is 0 Å². The van der Waals surface area contributed by atoms with Crippen LogP contribution in [-0.4, -0.2) is 35.8 Å². The molecule has 1 atom stereocenters. The van der Waals surface area contributed by atoms with Gasteiger partial charge in [-0.1, -0.05) is 38.5 Å². The van der Waals surface area contributed by atoms with Crippen LogP contribution in [0.4, 0.5) is 0 Å². The molecule has 1 aliphatic rings. The van der Waals surface area contributed by atoms with E-state index in [0.717, 1.165) is 23.5 Å². The van der Waals surface area contributed by atoms with Crippen LogP contribution in [0, 0.1) is 12.8 Å². The molecular formula is C20H31NO3S3. The standard InChI is InChI=1S/C20H31NO3S3/c1-5-18(22)14-20(25-10-11-26-20)13-17(12-15(2)3)21-27(23,24)19-8-6-16(4)7-9-19/h6-9,15,17,21H,5,10-14H2,1-4H3/t17-/m0/s1. The third-order valence-electron chi connectivity index (χ3n) is 4.64. The van der Waals surface area contributed by atoms with Gasteiger partial charge in [0.2, 0.25) is 10.0 Å². The summed E-state index contributed by atoms with van der Waals surface area (Å²) in [6.07, 6.45) is 2.48. The van der Waals surface area contributed by atoms with Crippen molar-refractivity contribution in [2.24, 2.45) is 5.92 Å². The third-order valence-corrected chi connectivity index (χ3v) is 9.63. The molecule has 1 saturated heterocycles. The fourth-order valence-electron chi connectivity index (χ4n) is 3.34. The highest BCUT2D eigenvalue weighted by atomic mass is 32.2. The molecule has 1 aromatic rings. The summed E-state index contributed by atoms with van der Waals surface area (Å²) in [6, 6.07) is 6.75. The van der Waals surface area contributed by atoms with Crippen molar-refractivity contribution in [3.8, 4) is 0 Å². The zero-order valence-corrected chi connectivity index (χ0v) is 19.1. The van der Waals surface area contributed by atoms with Crippen molar-refractivity contribution < 1.29 is 13.2 Å². The topological polar surface area (TPSA) is 63.2 Å². The zero-order chi connectivity index (χ0) is 20.1. The highest BCUT2D eigenvalue weighted by Crippen LogP contribution is 2.50. The molecule has 0 aromatic heterocycles. The van der Waals surface area contributed by atoms with Gasteiger partial charge in [0, 0.05) is 30.4 Å². The molecule has 4 nitrogen and oxygen atoms in total. The molecule has 2 rings (SSSR count). The lowest BCUT2D eigenvalue weighted by molar-refractivity contribution is -0.118. The van der Waals surface area contributed by atoms with Crippen LogP contribution in [0.3, 0.4) is 0 Å². The second-order valence-corrected chi connectivity index (χ2v) is 12.6. The van der Waals surface area contributed by atoms with Gasteiger partial charge in [-0.15, -0.1) is 23.5 Å². The number of benzene rings is 1. The van der Waals surface area contributed by atoms with Crippen LogP contribution in [0.15, 0.2) is 29.2 Å². The van der Waals surface area contributed by atoms with Crippen molar-refractivity contribution in [1.82, 2.24) is 4.72 Å². The number of hydrogen-bond donors (Lipinski definition) is 1. The number of ketones is 1. The van der Waals surface area contributed by atoms with Crippen LogP contribution in [0.25, 0.3) is 0 Å². The van der Waals surface area contributed by atoms with E-state index < -0.39 is 10.0 Å². The molecule has 1 aromatic carbocycles. The van der Waals surface area contributed by atoms with Gasteiger partial charge in [-0.2, -0.15) is 0 Å². The van der Waals surface area contributed by atoms with Gasteiger partial charge in [0.15, 0.2) is 0 Å². The average molecular weight is 430 g/mol. The van der Waals surface area contributed by atoms with Gasteiger partial charge in [0.25, 0.3) is 0 Å². The van der Waals surface area contributed by atoms with E-state index in [0.29, 0.717) is 30.1 Å². The van der Waals surface area contributed by atoms with Crippen molar-refractivity contribution in [1.29, 1.82) is 0 Å². The summed E-state index contributed by atoms with van der Waals surface area (Å²) in [5, 5.41) is 0. The highest BCUT2D eigenvalue weighted by molar-refractivity contribution is 8.21. The van der Waals surface area contributed by atoms with Crippen LogP contribution in [0.1, 0.15) is 52.0 Å². The van der Waals surface area contributed by atoms with Crippen LogP contribution in [0.5, 0.6) is 0 Å². The Morgan fingerprint density at radius 2 is 1.78 bits per heavy atom. The molecule has 1 aliphatic heterocycles. The Bertz CT molecular complexity index is 723. The molecule has 1 fully saturated rings. The van der Waals surface area contributed by atoms with Crippen LogP contribution < -0.4 is 4.72 Å². The summed E-state index contributed by atoms with van der Waals surface area (Å²) in [5.41, 5.74) is 1.03. The Kier molecular flexibility index (Phi) is 8.28. The van der Waals surface area contributed by atoms with Gasteiger partial charge in [0.05, 0.1) is 8.97 Å². The van der Waals surface area contributed by atoms with E-state index in [1.807, 2.05) is 49.5 Å². The van der Waals surface area contributed by atoms with E-state index in [-0.39, 0.29) is 15.9 Å². The number of aryl methyl sites for hydroxylation is 1. The van der Waals surface area contributed by atoms with E-state index in [4.69, 9.17) is 0 Å². The van der Waals surface area contributed by atoms with E-state index in [1.54, 1.807) is 12.1 Å². The molecule has 0 spiro atoms. The molecule has 0 saturated carbocycles. The minimum absolute atomic E-state index is 0.181. The number of carbonyl (C=O) groups excluding carboxylic acids is 1. The SMILES string of the molecule is CCC(=O)CC1(C[C@H](CC(C)C)NS(=O)(=O)c2ccc(C)cc2)SCCS1. The number of carbonyl (C=O) groups is 1. The second-order valence-electron chi connectivity index (χ2n) is 7.64. The number of thioether (sulfide) groups is 2. The number of hydrogen-bond acceptors (Lipinski definition) is 5. The monoisotopic (exact) mass is 429 g/mol. The van der Waals surface area contributed by atoms with Gasteiger partial charge in [-0.25, -0.2) is 13.1 Å². The molecule has 0 bridgehead atoms. The molecular weight excluding hydrogens is 398 g/mol. The predicted molar refractivity (Wildman–Crippen MR) is 117 cm³/mol. The van der Waals surface area contributed by atoms with E-state index in [2.05, 4.69) is 18.6 Å². The number of sulfonamides is 1. The van der Waals surface area contributed by atoms with Gasteiger partial charge in [0.1, 0.15) is 5.78 Å². The largest absolute Gasteiger partial charge is 0.300 e. The summed E-state index contributed by atoms with van der Waals surface area (Å²) >= 11 is 3.64. The molecule has 0 radical (unpaired) electrons. The molecule has 0 aliphatic carbocycles. The van der Waals surface area contributed by atoms with Gasteiger partial charge in [-0.3, -0.25) is 4.79 Å². The van der Waals surface area contributed by atoms with Crippen molar-refractivity contribution in [2.45, 2.75) is 68.4 Å². The Hall–Kier alpha value is -0.500. The summed E-state index contributed by atoms with van der Waals surface area (Å²) in [4.78, 5) is 12.4. The van der Waals surface area contributed by atoms with Crippen molar-refractivity contribution in [2.75, 3.05) is 11.5 Å². The maximum atomic E-state index is 12.9. The predicted octanol–water partition coefficient (Wildman–Crippen LogP) is 4.62. The fourth-order valence-corrected chi connectivity index (χ4v) is 7.99. The van der Waals surface area contributed by atoms with E-state index in [1.165, 1.54) is 0 Å². The van der Waals surface area contributed by atoms with E-state index >= 15 is 0 Å². The third kappa shape index (κ3) is 6.80. The first-order valence-corrected chi connectivity index (χ1v) is 13.0. The molecule has 1 heterocycles. The Morgan fingerprint density at radius 3 is 2.30 bits per heavy atom. The minimum Gasteiger partial charge on any atom is -0.300 e. The summed E-state index contributed by atoms with van der Waals surface area (Å²) in [5.74, 6) is 2.65. The van der Waals surface area contributed by atoms with Gasteiger partial charge in [-0.05, 0) is 37.8 Å². The average Bonchev–Trinajstić information content (AvgIpc) is 3.02. The van der Waals surface area contributed by atoms with Crippen LogP contribution >= 0.6 is 23.5 Å². The lowest BCUT2D eigenvalue weighted by Crippen LogP contribution is -2.40. The quantitative estimate of drug-likeness (QED) is 0.588. The molecule has 0 unspecified atom stereocenters. The first-order valence-electron chi connectivity index (χ1n) is 9.54. The first-order chi connectivity index (χ1) is 12.7. The summed E-state index contributed by atoms with van der Waals surface area (Å²) < 4.78 is 28.5. The zero-order valence-electron chi connectivity index (χ0n) is 16.7. The van der Waals surface area contributed by atoms with Crippen molar-refractivity contribution >= 4 is 39.3 Å². The summed E-state index contributed by atoms with van der Waals surface area (Å²) in [7, 11) is -3.58. The van der Waals surface area contributed by atoms with Gasteiger partial charge < -0.3 is 0 Å². The Labute approximate surface area is 172 Å². The normalized spacial score (nSPS) is 18.0. The molecule has 152 valence electrons. The first kappa shape index (κ1) is 22.8. The minimum atomic E-state index is -3.58. The lowest BCUT2D eigenvalue weighted by atomic mass is 9.98. The van der Waals surface area contributed by atoms with E-state index in [9.17, 15) is 13.2 Å². The Morgan fingerprint density at radius 1 is 1.19 bits per heavy atom. The van der Waals surface area contributed by atoms with Crippen molar-refractivity contribution in [3.63, 3.8) is 0 Å².